The first-order valence-electron chi connectivity index (χ1n) is 5.16. The Balaban J connectivity index is 2.53. The number of carboxylic acids is 1. The summed E-state index contributed by atoms with van der Waals surface area (Å²) in [7, 11) is -3.63. The Morgan fingerprint density at radius 2 is 2.00 bits per heavy atom. The number of benzene rings is 1. The minimum atomic E-state index is -3.63. The molecule has 8 nitrogen and oxygen atoms in total. The average Bonchev–Trinajstić information content (AvgIpc) is 2.27. The first kappa shape index (κ1) is 14.9. The lowest BCUT2D eigenvalue weighted by Gasteiger charge is -2.07. The number of hydrogen-bond donors (Lipinski definition) is 4. The van der Waals surface area contributed by atoms with Crippen molar-refractivity contribution in [2.45, 2.75) is 0 Å². The third-order valence-electron chi connectivity index (χ3n) is 2.04. The van der Waals surface area contributed by atoms with Crippen molar-refractivity contribution in [2.24, 2.45) is 5.14 Å². The van der Waals surface area contributed by atoms with E-state index in [2.05, 4.69) is 10.6 Å². The van der Waals surface area contributed by atoms with Gasteiger partial charge in [-0.2, -0.15) is 0 Å². The van der Waals surface area contributed by atoms with Gasteiger partial charge in [-0.3, -0.25) is 0 Å². The predicted molar refractivity (Wildman–Crippen MR) is 68.4 cm³/mol. The fourth-order valence-corrected chi connectivity index (χ4v) is 1.60. The molecule has 0 spiro atoms. The highest BCUT2D eigenvalue weighted by atomic mass is 32.2. The molecule has 1 aromatic rings. The maximum absolute atomic E-state index is 11.4. The number of nitrogens with two attached hydrogens (primary N) is 1. The van der Waals surface area contributed by atoms with Crippen molar-refractivity contribution in [1.82, 2.24) is 5.32 Å². The van der Waals surface area contributed by atoms with Crippen LogP contribution in [0, 0.1) is 0 Å². The average molecular weight is 287 g/mol. The quantitative estimate of drug-likeness (QED) is 0.593. The van der Waals surface area contributed by atoms with Gasteiger partial charge in [0.05, 0.1) is 11.3 Å². The highest BCUT2D eigenvalue weighted by molar-refractivity contribution is 7.89. The van der Waals surface area contributed by atoms with Crippen LogP contribution in [-0.2, 0) is 10.0 Å². The van der Waals surface area contributed by atoms with Gasteiger partial charge in [-0.05, 0) is 18.2 Å². The summed E-state index contributed by atoms with van der Waals surface area (Å²) in [6.45, 7) is -0.136. The second kappa shape index (κ2) is 6.16. The Morgan fingerprint density at radius 1 is 1.32 bits per heavy atom. The molecule has 19 heavy (non-hydrogen) atoms. The standard InChI is InChI=1S/C10H13N3O5S/c11-19(17,18)5-4-12-10(16)13-8-3-1-2-7(6-8)9(14)15/h1-3,6H,4-5H2,(H,14,15)(H2,11,17,18)(H2,12,13,16). The molecule has 1 rings (SSSR count). The van der Waals surface area contributed by atoms with E-state index in [1.54, 1.807) is 0 Å². The third-order valence-corrected chi connectivity index (χ3v) is 2.81. The van der Waals surface area contributed by atoms with Gasteiger partial charge in [-0.25, -0.2) is 23.1 Å². The zero-order valence-electron chi connectivity index (χ0n) is 9.79. The zero-order valence-corrected chi connectivity index (χ0v) is 10.6. The number of carboxylic acid groups (broad SMARTS) is 1. The van der Waals surface area contributed by atoms with Gasteiger partial charge < -0.3 is 15.7 Å². The lowest BCUT2D eigenvalue weighted by Crippen LogP contribution is -2.34. The van der Waals surface area contributed by atoms with Crippen molar-refractivity contribution >= 4 is 27.7 Å². The number of amides is 2. The summed E-state index contributed by atoms with van der Waals surface area (Å²) in [6, 6.07) is 4.99. The number of nitrogens with one attached hydrogen (secondary N) is 2. The number of carbonyl (C=O) groups is 2. The molecule has 0 heterocycles. The van der Waals surface area contributed by atoms with E-state index in [-0.39, 0.29) is 23.5 Å². The lowest BCUT2D eigenvalue weighted by molar-refractivity contribution is 0.0697. The van der Waals surface area contributed by atoms with Crippen LogP contribution >= 0.6 is 0 Å². The van der Waals surface area contributed by atoms with E-state index in [4.69, 9.17) is 10.2 Å². The maximum Gasteiger partial charge on any atom is 0.335 e. The Hall–Kier alpha value is -2.13. The van der Waals surface area contributed by atoms with Crippen LogP contribution in [0.1, 0.15) is 10.4 Å². The predicted octanol–water partition coefficient (Wildman–Crippen LogP) is -0.205. The van der Waals surface area contributed by atoms with Crippen molar-refractivity contribution in [3.05, 3.63) is 29.8 Å². The molecule has 104 valence electrons. The molecule has 0 unspecified atom stereocenters. The largest absolute Gasteiger partial charge is 0.478 e. The number of carbonyl (C=O) groups excluding carboxylic acids is 1. The molecule has 0 saturated carbocycles. The first-order chi connectivity index (χ1) is 8.78. The molecule has 0 aliphatic rings. The maximum atomic E-state index is 11.4. The molecule has 0 saturated heterocycles. The van der Waals surface area contributed by atoms with Gasteiger partial charge in [0.15, 0.2) is 0 Å². The van der Waals surface area contributed by atoms with Crippen LogP contribution in [0.2, 0.25) is 0 Å². The summed E-state index contributed by atoms with van der Waals surface area (Å²) in [5.41, 5.74) is 0.315. The number of hydrogen-bond acceptors (Lipinski definition) is 4. The van der Waals surface area contributed by atoms with E-state index in [1.807, 2.05) is 0 Å². The van der Waals surface area contributed by atoms with Crippen LogP contribution in [0.5, 0.6) is 0 Å². The van der Waals surface area contributed by atoms with Gasteiger partial charge in [0.2, 0.25) is 10.0 Å². The first-order valence-corrected chi connectivity index (χ1v) is 6.88. The molecule has 9 heteroatoms. The summed E-state index contributed by atoms with van der Waals surface area (Å²) in [5, 5.41) is 18.2. The number of urea groups is 1. The van der Waals surface area contributed by atoms with E-state index in [0.717, 1.165) is 0 Å². The van der Waals surface area contributed by atoms with Gasteiger partial charge in [0.25, 0.3) is 0 Å². The number of primary sulfonamides is 1. The monoisotopic (exact) mass is 287 g/mol. The Morgan fingerprint density at radius 3 is 2.58 bits per heavy atom. The molecule has 2 amide bonds. The smallest absolute Gasteiger partial charge is 0.335 e. The molecule has 0 fully saturated rings. The lowest BCUT2D eigenvalue weighted by atomic mass is 10.2. The van der Waals surface area contributed by atoms with E-state index < -0.39 is 22.0 Å². The fourth-order valence-electron chi connectivity index (χ4n) is 1.21. The molecule has 1 aromatic carbocycles. The highest BCUT2D eigenvalue weighted by Gasteiger charge is 2.07. The van der Waals surface area contributed by atoms with Crippen molar-refractivity contribution in [2.75, 3.05) is 17.6 Å². The molecular formula is C10H13N3O5S. The number of aromatic carboxylic acids is 1. The Kier molecular flexibility index (Phi) is 4.84. The second-order valence-corrected chi connectivity index (χ2v) is 5.37. The minimum absolute atomic E-state index is 0.0299. The van der Waals surface area contributed by atoms with Gasteiger partial charge in [-0.15, -0.1) is 0 Å². The Bertz CT molecular complexity index is 585. The summed E-state index contributed by atoms with van der Waals surface area (Å²) in [6.07, 6.45) is 0. The topological polar surface area (TPSA) is 139 Å². The van der Waals surface area contributed by atoms with Gasteiger partial charge >= 0.3 is 12.0 Å². The SMILES string of the molecule is NS(=O)(=O)CCNC(=O)Nc1cccc(C(=O)O)c1. The van der Waals surface area contributed by atoms with E-state index in [1.165, 1.54) is 24.3 Å². The van der Waals surface area contributed by atoms with Crippen LogP contribution < -0.4 is 15.8 Å². The summed E-state index contributed by atoms with van der Waals surface area (Å²) < 4.78 is 21.3. The van der Waals surface area contributed by atoms with Gasteiger partial charge in [0.1, 0.15) is 0 Å². The van der Waals surface area contributed by atoms with E-state index >= 15 is 0 Å². The number of anilines is 1. The number of rotatable bonds is 5. The summed E-state index contributed by atoms with van der Waals surface area (Å²) in [5.74, 6) is -1.49. The molecule has 0 radical (unpaired) electrons. The molecule has 0 aliphatic carbocycles. The normalized spacial score (nSPS) is 10.8. The Labute approximate surface area is 109 Å². The van der Waals surface area contributed by atoms with Gasteiger partial charge in [0, 0.05) is 12.2 Å². The van der Waals surface area contributed by atoms with Gasteiger partial charge in [-0.1, -0.05) is 6.07 Å². The molecule has 0 bridgehead atoms. The van der Waals surface area contributed by atoms with Crippen molar-refractivity contribution in [3.8, 4) is 0 Å². The molecule has 0 atom stereocenters. The van der Waals surface area contributed by atoms with Crippen LogP contribution in [0.4, 0.5) is 10.5 Å². The third kappa shape index (κ3) is 5.84. The van der Waals surface area contributed by atoms with Crippen LogP contribution in [-0.4, -0.2) is 37.8 Å². The van der Waals surface area contributed by atoms with Crippen LogP contribution in [0.15, 0.2) is 24.3 Å². The molecule has 5 N–H and O–H groups in total. The second-order valence-electron chi connectivity index (χ2n) is 3.63. The van der Waals surface area contributed by atoms with E-state index in [0.29, 0.717) is 0 Å². The van der Waals surface area contributed by atoms with Crippen molar-refractivity contribution in [1.29, 1.82) is 0 Å². The minimum Gasteiger partial charge on any atom is -0.478 e. The van der Waals surface area contributed by atoms with Crippen LogP contribution in [0.3, 0.4) is 0 Å². The molecule has 0 aliphatic heterocycles. The van der Waals surface area contributed by atoms with E-state index in [9.17, 15) is 18.0 Å². The van der Waals surface area contributed by atoms with Crippen molar-refractivity contribution < 1.29 is 23.1 Å². The zero-order chi connectivity index (χ0) is 14.5. The fraction of sp³-hybridized carbons (Fsp3) is 0.200. The summed E-state index contributed by atoms with van der Waals surface area (Å²) >= 11 is 0. The summed E-state index contributed by atoms with van der Waals surface area (Å²) in [4.78, 5) is 22.1. The molecular weight excluding hydrogens is 274 g/mol. The highest BCUT2D eigenvalue weighted by Crippen LogP contribution is 2.10. The van der Waals surface area contributed by atoms with Crippen molar-refractivity contribution in [3.63, 3.8) is 0 Å². The molecule has 0 aromatic heterocycles. The number of sulfonamides is 1. The van der Waals surface area contributed by atoms with Crippen LogP contribution in [0.25, 0.3) is 0 Å².